The Kier molecular flexibility index (Phi) is 4.67. The summed E-state index contributed by atoms with van der Waals surface area (Å²) in [6.45, 7) is 0. The van der Waals surface area contributed by atoms with E-state index in [1.54, 1.807) is 0 Å². The zero-order valence-electron chi connectivity index (χ0n) is 10.0. The van der Waals surface area contributed by atoms with Crippen LogP contribution in [0.5, 0.6) is 0 Å². The lowest BCUT2D eigenvalue weighted by molar-refractivity contribution is -0.137. The number of thioether (sulfide) groups is 1. The normalized spacial score (nSPS) is 17.8. The van der Waals surface area contributed by atoms with E-state index in [-0.39, 0.29) is 21.3 Å². The van der Waals surface area contributed by atoms with Gasteiger partial charge in [0.25, 0.3) is 0 Å². The van der Waals surface area contributed by atoms with Crippen molar-refractivity contribution in [1.29, 1.82) is 0 Å². The number of carbonyl (C=O) groups is 1. The fourth-order valence-corrected chi connectivity index (χ4v) is 2.43. The number of amidine groups is 1. The Morgan fingerprint density at radius 2 is 2.10 bits per heavy atom. The van der Waals surface area contributed by atoms with Crippen LogP contribution in [0.2, 0.25) is 0 Å². The Morgan fingerprint density at radius 3 is 2.67 bits per heavy atom. The molecule has 4 nitrogen and oxygen atoms in total. The number of hydrogen-bond donors (Lipinski definition) is 1. The molecule has 1 heterocycles. The van der Waals surface area contributed by atoms with Gasteiger partial charge in [-0.1, -0.05) is 11.8 Å². The number of hydrogen-bond acceptors (Lipinski definition) is 4. The van der Waals surface area contributed by atoms with E-state index in [1.165, 1.54) is 0 Å². The molecule has 10 heteroatoms. The number of rotatable bonds is 2. The molecule has 1 aromatic rings. The van der Waals surface area contributed by atoms with Gasteiger partial charge in [0.15, 0.2) is 5.17 Å². The maximum absolute atomic E-state index is 13.8. The Hall–Kier alpha value is -1.42. The first-order valence-electron chi connectivity index (χ1n) is 5.38. The molecule has 1 amide bonds. The highest BCUT2D eigenvalue weighted by Crippen LogP contribution is 2.34. The summed E-state index contributed by atoms with van der Waals surface area (Å²) in [7, 11) is 0. The van der Waals surface area contributed by atoms with Gasteiger partial charge in [0, 0.05) is 5.56 Å². The van der Waals surface area contributed by atoms with Crippen LogP contribution in [-0.2, 0) is 11.0 Å². The summed E-state index contributed by atoms with van der Waals surface area (Å²) in [6.07, 6.45) is -4.05. The minimum Gasteiger partial charge on any atom is -0.303 e. The largest absolute Gasteiger partial charge is 0.417 e. The van der Waals surface area contributed by atoms with E-state index in [2.05, 4.69) is 31.4 Å². The molecule has 0 unspecified atom stereocenters. The van der Waals surface area contributed by atoms with Crippen molar-refractivity contribution < 1.29 is 22.4 Å². The first kappa shape index (κ1) is 16.0. The fourth-order valence-electron chi connectivity index (χ4n) is 1.46. The molecule has 0 aromatic heterocycles. The summed E-state index contributed by atoms with van der Waals surface area (Å²) in [5.74, 6) is -1.21. The van der Waals surface area contributed by atoms with Crippen LogP contribution in [-0.4, -0.2) is 23.0 Å². The van der Waals surface area contributed by atoms with Crippen LogP contribution < -0.4 is 5.32 Å². The van der Waals surface area contributed by atoms with E-state index in [9.17, 15) is 22.4 Å². The third-order valence-corrected chi connectivity index (χ3v) is 3.84. The maximum atomic E-state index is 13.8. The Labute approximate surface area is 128 Å². The van der Waals surface area contributed by atoms with Crippen molar-refractivity contribution in [2.24, 2.45) is 10.2 Å². The number of nitrogens with zero attached hydrogens (tertiary/aromatic N) is 2. The van der Waals surface area contributed by atoms with E-state index in [0.29, 0.717) is 6.21 Å². The van der Waals surface area contributed by atoms with Crippen LogP contribution in [0.1, 0.15) is 11.1 Å². The predicted octanol–water partition coefficient (Wildman–Crippen LogP) is 3.16. The van der Waals surface area contributed by atoms with E-state index < -0.39 is 23.1 Å². The van der Waals surface area contributed by atoms with Gasteiger partial charge in [0.2, 0.25) is 5.91 Å². The van der Waals surface area contributed by atoms with Gasteiger partial charge in [-0.25, -0.2) is 4.39 Å². The van der Waals surface area contributed by atoms with Crippen molar-refractivity contribution >= 4 is 45.0 Å². The minimum absolute atomic E-state index is 0.117. The van der Waals surface area contributed by atoms with Gasteiger partial charge in [0.1, 0.15) is 5.82 Å². The number of alkyl halides is 3. The van der Waals surface area contributed by atoms with Crippen molar-refractivity contribution in [1.82, 2.24) is 5.32 Å². The van der Waals surface area contributed by atoms with E-state index in [4.69, 9.17) is 0 Å². The topological polar surface area (TPSA) is 53.8 Å². The van der Waals surface area contributed by atoms with Crippen molar-refractivity contribution in [2.45, 2.75) is 6.18 Å². The molecule has 1 aliphatic heterocycles. The molecule has 0 bridgehead atoms. The highest BCUT2D eigenvalue weighted by Gasteiger charge is 2.34. The van der Waals surface area contributed by atoms with Gasteiger partial charge in [-0.05, 0) is 28.1 Å². The summed E-state index contributed by atoms with van der Waals surface area (Å²) >= 11 is 3.87. The summed E-state index contributed by atoms with van der Waals surface area (Å²) in [4.78, 5) is 10.9. The van der Waals surface area contributed by atoms with Gasteiger partial charge in [-0.15, -0.1) is 5.10 Å². The number of halogens is 5. The van der Waals surface area contributed by atoms with E-state index >= 15 is 0 Å². The molecule has 0 saturated carbocycles. The minimum atomic E-state index is -4.72. The Bertz CT molecular complexity index is 645. The van der Waals surface area contributed by atoms with Crippen LogP contribution >= 0.6 is 27.7 Å². The van der Waals surface area contributed by atoms with Crippen molar-refractivity contribution in [3.63, 3.8) is 0 Å². The van der Waals surface area contributed by atoms with Crippen LogP contribution in [0.15, 0.2) is 26.8 Å². The molecule has 1 aromatic carbocycles. The van der Waals surface area contributed by atoms with Gasteiger partial charge in [-0.2, -0.15) is 18.3 Å². The lowest BCUT2D eigenvalue weighted by Crippen LogP contribution is -2.19. The third-order valence-electron chi connectivity index (χ3n) is 2.36. The molecule has 112 valence electrons. The Balaban J connectivity index is 2.34. The van der Waals surface area contributed by atoms with Crippen LogP contribution in [0.4, 0.5) is 17.6 Å². The maximum Gasteiger partial charge on any atom is 0.417 e. The average molecular weight is 384 g/mol. The molecule has 1 N–H and O–H groups in total. The summed E-state index contributed by atoms with van der Waals surface area (Å²) in [5.41, 5.74) is -1.88. The van der Waals surface area contributed by atoms with Crippen LogP contribution in [0.25, 0.3) is 0 Å². The predicted molar refractivity (Wildman–Crippen MR) is 74.7 cm³/mol. The molecule has 21 heavy (non-hydrogen) atoms. The second kappa shape index (κ2) is 6.14. The monoisotopic (exact) mass is 383 g/mol. The fraction of sp³-hybridized carbons (Fsp3) is 0.182. The second-order valence-electron chi connectivity index (χ2n) is 3.81. The number of amides is 1. The van der Waals surface area contributed by atoms with Gasteiger partial charge in [-0.3, -0.25) is 4.79 Å². The first-order valence-corrected chi connectivity index (χ1v) is 7.16. The Morgan fingerprint density at radius 1 is 1.38 bits per heavy atom. The number of carbonyl (C=O) groups excluding carboxylic acids is 1. The average Bonchev–Trinajstić information content (AvgIpc) is 2.79. The smallest absolute Gasteiger partial charge is 0.303 e. The molecule has 0 aliphatic carbocycles. The van der Waals surface area contributed by atoms with E-state index in [1.807, 2.05) is 0 Å². The molecule has 1 saturated heterocycles. The molecule has 0 radical (unpaired) electrons. The zero-order chi connectivity index (χ0) is 15.6. The molecular formula is C11H6BrF4N3OS. The van der Waals surface area contributed by atoms with Gasteiger partial charge in [0.05, 0.1) is 22.0 Å². The molecule has 0 atom stereocenters. The molecule has 1 aliphatic rings. The third kappa shape index (κ3) is 3.82. The molecule has 2 rings (SSSR count). The van der Waals surface area contributed by atoms with Gasteiger partial charge < -0.3 is 5.32 Å². The standard InChI is InChI=1S/C11H6BrF4N3OS/c12-7-2-1-6(11(14,15)16)5(9(7)13)3-17-19-10-18-8(20)4-21-10/h1-3H,4H2,(H,18,19,20). The van der Waals surface area contributed by atoms with Crippen molar-refractivity contribution in [3.8, 4) is 0 Å². The molecular weight excluding hydrogens is 378 g/mol. The lowest BCUT2D eigenvalue weighted by atomic mass is 10.1. The number of nitrogens with one attached hydrogen (secondary N) is 1. The van der Waals surface area contributed by atoms with E-state index in [0.717, 1.165) is 23.9 Å². The summed E-state index contributed by atoms with van der Waals surface area (Å²) < 4.78 is 52.1. The summed E-state index contributed by atoms with van der Waals surface area (Å²) in [6, 6.07) is 1.71. The highest BCUT2D eigenvalue weighted by atomic mass is 79.9. The number of benzene rings is 1. The SMILES string of the molecule is O=C1CSC(=NN=Cc2c(C(F)(F)F)ccc(Br)c2F)N1. The zero-order valence-corrected chi connectivity index (χ0v) is 12.4. The quantitative estimate of drug-likeness (QED) is 0.484. The molecule has 0 spiro atoms. The van der Waals surface area contributed by atoms with Crippen molar-refractivity contribution in [2.75, 3.05) is 5.75 Å². The second-order valence-corrected chi connectivity index (χ2v) is 5.63. The van der Waals surface area contributed by atoms with Crippen LogP contribution in [0.3, 0.4) is 0 Å². The van der Waals surface area contributed by atoms with Crippen LogP contribution in [0, 0.1) is 5.82 Å². The molecule has 1 fully saturated rings. The summed E-state index contributed by atoms with van der Waals surface area (Å²) in [5, 5.41) is 9.43. The van der Waals surface area contributed by atoms with Gasteiger partial charge >= 0.3 is 6.18 Å². The highest BCUT2D eigenvalue weighted by molar-refractivity contribution is 9.10. The first-order chi connectivity index (χ1) is 9.79. The van der Waals surface area contributed by atoms with Crippen molar-refractivity contribution in [3.05, 3.63) is 33.5 Å². The lowest BCUT2D eigenvalue weighted by Gasteiger charge is -2.11.